The number of nitrogens with zero attached hydrogens (tertiary/aromatic N) is 2. The summed E-state index contributed by atoms with van der Waals surface area (Å²) in [5.41, 5.74) is 3.85. The fourth-order valence-corrected chi connectivity index (χ4v) is 3.98. The second-order valence-electron chi connectivity index (χ2n) is 7.43. The van der Waals surface area contributed by atoms with Crippen LogP contribution in [0.1, 0.15) is 22.8 Å². The van der Waals surface area contributed by atoms with Crippen LogP contribution in [0.5, 0.6) is 0 Å². The summed E-state index contributed by atoms with van der Waals surface area (Å²) in [5.74, 6) is -0.292. The van der Waals surface area contributed by atoms with Crippen molar-refractivity contribution in [3.05, 3.63) is 65.6 Å². The first-order valence-corrected chi connectivity index (χ1v) is 9.37. The van der Waals surface area contributed by atoms with Gasteiger partial charge in [-0.1, -0.05) is 12.1 Å². The molecule has 1 saturated heterocycles. The van der Waals surface area contributed by atoms with E-state index in [2.05, 4.69) is 52.9 Å². The highest BCUT2D eigenvalue weighted by Gasteiger charge is 2.26. The van der Waals surface area contributed by atoms with E-state index in [0.717, 1.165) is 25.2 Å². The maximum atomic E-state index is 13.6. The SMILES string of the molecule is Cc1cccc(N2CCN(CC(=O)c3c[nH]c4ccc(F)cc34)C[C@@H]2C)c1. The van der Waals surface area contributed by atoms with Crippen molar-refractivity contribution in [3.8, 4) is 0 Å². The van der Waals surface area contributed by atoms with Crippen molar-refractivity contribution >= 4 is 22.4 Å². The molecule has 1 N–H and O–H groups in total. The summed E-state index contributed by atoms with van der Waals surface area (Å²) in [4.78, 5) is 20.5. The third kappa shape index (κ3) is 3.60. The Bertz CT molecular complexity index is 981. The van der Waals surface area contributed by atoms with E-state index in [1.54, 1.807) is 12.3 Å². The molecule has 2 aromatic carbocycles. The minimum Gasteiger partial charge on any atom is -0.366 e. The molecule has 5 heteroatoms. The number of ketones is 1. The van der Waals surface area contributed by atoms with E-state index < -0.39 is 0 Å². The number of carbonyl (C=O) groups is 1. The summed E-state index contributed by atoms with van der Waals surface area (Å²) in [7, 11) is 0. The first kappa shape index (κ1) is 17.7. The Morgan fingerprint density at radius 3 is 2.85 bits per heavy atom. The fraction of sp³-hybridized carbons (Fsp3) is 0.318. The number of anilines is 1. The smallest absolute Gasteiger partial charge is 0.178 e. The molecule has 0 bridgehead atoms. The third-order valence-corrected chi connectivity index (χ3v) is 5.36. The molecule has 0 amide bonds. The van der Waals surface area contributed by atoms with E-state index in [1.807, 2.05) is 0 Å². The normalized spacial score (nSPS) is 18.2. The Kier molecular flexibility index (Phi) is 4.70. The molecule has 0 saturated carbocycles. The van der Waals surface area contributed by atoms with Crippen LogP contribution in [0.15, 0.2) is 48.7 Å². The molecule has 1 aliphatic heterocycles. The quantitative estimate of drug-likeness (QED) is 0.710. The van der Waals surface area contributed by atoms with Crippen molar-refractivity contribution in [1.29, 1.82) is 0 Å². The lowest BCUT2D eigenvalue weighted by Crippen LogP contribution is -2.53. The molecular weight excluding hydrogens is 341 g/mol. The van der Waals surface area contributed by atoms with Crippen molar-refractivity contribution in [2.75, 3.05) is 31.1 Å². The Morgan fingerprint density at radius 2 is 2.07 bits per heavy atom. The predicted octanol–water partition coefficient (Wildman–Crippen LogP) is 4.01. The molecule has 140 valence electrons. The lowest BCUT2D eigenvalue weighted by atomic mass is 10.1. The van der Waals surface area contributed by atoms with Gasteiger partial charge in [0.15, 0.2) is 5.78 Å². The molecule has 1 aromatic heterocycles. The number of benzene rings is 2. The van der Waals surface area contributed by atoms with Gasteiger partial charge in [0.05, 0.1) is 6.54 Å². The minimum atomic E-state index is -0.323. The van der Waals surface area contributed by atoms with Crippen LogP contribution < -0.4 is 4.90 Å². The Morgan fingerprint density at radius 1 is 1.22 bits per heavy atom. The van der Waals surface area contributed by atoms with Gasteiger partial charge in [0.2, 0.25) is 0 Å². The van der Waals surface area contributed by atoms with Gasteiger partial charge in [-0.25, -0.2) is 4.39 Å². The molecule has 27 heavy (non-hydrogen) atoms. The molecule has 4 rings (SSSR count). The van der Waals surface area contributed by atoms with Gasteiger partial charge in [0.1, 0.15) is 5.82 Å². The van der Waals surface area contributed by atoms with Gasteiger partial charge in [-0.2, -0.15) is 0 Å². The van der Waals surface area contributed by atoms with Gasteiger partial charge in [0, 0.05) is 54.0 Å². The highest BCUT2D eigenvalue weighted by atomic mass is 19.1. The van der Waals surface area contributed by atoms with Crippen molar-refractivity contribution < 1.29 is 9.18 Å². The van der Waals surface area contributed by atoms with E-state index in [4.69, 9.17) is 0 Å². The van der Waals surface area contributed by atoms with Crippen LogP contribution in [0.3, 0.4) is 0 Å². The van der Waals surface area contributed by atoms with Crippen LogP contribution in [-0.4, -0.2) is 47.9 Å². The Labute approximate surface area is 158 Å². The molecule has 0 spiro atoms. The molecule has 0 unspecified atom stereocenters. The zero-order chi connectivity index (χ0) is 19.0. The molecular formula is C22H24FN3O. The number of nitrogens with one attached hydrogen (secondary N) is 1. The zero-order valence-corrected chi connectivity index (χ0v) is 15.7. The second kappa shape index (κ2) is 7.16. The maximum absolute atomic E-state index is 13.6. The number of aromatic amines is 1. The molecule has 2 heterocycles. The number of halogens is 1. The lowest BCUT2D eigenvalue weighted by Gasteiger charge is -2.41. The van der Waals surface area contributed by atoms with Crippen molar-refractivity contribution in [2.45, 2.75) is 19.9 Å². The van der Waals surface area contributed by atoms with Crippen LogP contribution >= 0.6 is 0 Å². The maximum Gasteiger partial charge on any atom is 0.178 e. The predicted molar refractivity (Wildman–Crippen MR) is 107 cm³/mol. The number of hydrogen-bond donors (Lipinski definition) is 1. The zero-order valence-electron chi connectivity index (χ0n) is 15.7. The number of carbonyl (C=O) groups excluding carboxylic acids is 1. The van der Waals surface area contributed by atoms with Crippen LogP contribution in [0.2, 0.25) is 0 Å². The topological polar surface area (TPSA) is 39.3 Å². The minimum absolute atomic E-state index is 0.0306. The third-order valence-electron chi connectivity index (χ3n) is 5.36. The van der Waals surface area contributed by atoms with E-state index in [9.17, 15) is 9.18 Å². The van der Waals surface area contributed by atoms with Gasteiger partial charge in [-0.3, -0.25) is 9.69 Å². The Hall–Kier alpha value is -2.66. The first-order chi connectivity index (χ1) is 13.0. The van der Waals surface area contributed by atoms with Gasteiger partial charge in [0.25, 0.3) is 0 Å². The van der Waals surface area contributed by atoms with Gasteiger partial charge in [-0.05, 0) is 49.7 Å². The lowest BCUT2D eigenvalue weighted by molar-refractivity contribution is 0.0919. The van der Waals surface area contributed by atoms with E-state index in [1.165, 1.54) is 23.4 Å². The van der Waals surface area contributed by atoms with Crippen LogP contribution in [0, 0.1) is 12.7 Å². The second-order valence-corrected chi connectivity index (χ2v) is 7.43. The number of Topliss-reactive ketones (excluding diaryl/α,β-unsaturated/α-hetero) is 1. The molecule has 1 aliphatic rings. The number of aryl methyl sites for hydroxylation is 1. The van der Waals surface area contributed by atoms with Crippen LogP contribution in [0.25, 0.3) is 10.9 Å². The summed E-state index contributed by atoms with van der Waals surface area (Å²) in [5, 5.41) is 0.659. The number of aromatic nitrogens is 1. The monoisotopic (exact) mass is 365 g/mol. The van der Waals surface area contributed by atoms with Gasteiger partial charge in [-0.15, -0.1) is 0 Å². The largest absolute Gasteiger partial charge is 0.366 e. The number of fused-ring (bicyclic) bond motifs is 1. The molecule has 3 aromatic rings. The highest BCUT2D eigenvalue weighted by Crippen LogP contribution is 2.23. The molecule has 0 radical (unpaired) electrons. The van der Waals surface area contributed by atoms with E-state index >= 15 is 0 Å². The first-order valence-electron chi connectivity index (χ1n) is 9.37. The Balaban J connectivity index is 1.45. The number of rotatable bonds is 4. The number of hydrogen-bond acceptors (Lipinski definition) is 3. The van der Waals surface area contributed by atoms with Crippen LogP contribution in [-0.2, 0) is 0 Å². The summed E-state index contributed by atoms with van der Waals surface area (Å²) >= 11 is 0. The summed E-state index contributed by atoms with van der Waals surface area (Å²) in [6.07, 6.45) is 1.69. The van der Waals surface area contributed by atoms with Crippen molar-refractivity contribution in [2.24, 2.45) is 0 Å². The van der Waals surface area contributed by atoms with Gasteiger partial charge >= 0.3 is 0 Å². The van der Waals surface area contributed by atoms with Crippen LogP contribution in [0.4, 0.5) is 10.1 Å². The fourth-order valence-electron chi connectivity index (χ4n) is 3.98. The average Bonchev–Trinajstić information content (AvgIpc) is 3.05. The molecule has 0 aliphatic carbocycles. The highest BCUT2D eigenvalue weighted by molar-refractivity contribution is 6.08. The van der Waals surface area contributed by atoms with E-state index in [0.29, 0.717) is 23.5 Å². The summed E-state index contributed by atoms with van der Waals surface area (Å²) in [6.45, 7) is 7.21. The molecule has 1 atom stereocenters. The van der Waals surface area contributed by atoms with E-state index in [-0.39, 0.29) is 11.6 Å². The molecule has 1 fully saturated rings. The molecule has 4 nitrogen and oxygen atoms in total. The standard InChI is InChI=1S/C22H24FN3O/c1-15-4-3-5-18(10-15)26-9-8-25(13-16(26)2)14-22(27)20-12-24-21-7-6-17(23)11-19(20)21/h3-7,10-12,16,24H,8-9,13-14H2,1-2H3/t16-/m0/s1. The summed E-state index contributed by atoms with van der Waals surface area (Å²) in [6, 6.07) is 13.4. The summed E-state index contributed by atoms with van der Waals surface area (Å²) < 4.78 is 13.6. The van der Waals surface area contributed by atoms with Crippen molar-refractivity contribution in [3.63, 3.8) is 0 Å². The van der Waals surface area contributed by atoms with Gasteiger partial charge < -0.3 is 9.88 Å². The average molecular weight is 365 g/mol. The number of piperazine rings is 1. The number of H-pyrrole nitrogens is 1. The van der Waals surface area contributed by atoms with Crippen molar-refractivity contribution in [1.82, 2.24) is 9.88 Å².